The Labute approximate surface area is 115 Å². The number of ketones is 1. The third-order valence-electron chi connectivity index (χ3n) is 3.03. The molecule has 0 amide bonds. The quantitative estimate of drug-likeness (QED) is 0.252. The van der Waals surface area contributed by atoms with Crippen LogP contribution < -0.4 is 0 Å². The largest absolute Gasteiger partial charge is 0.295 e. The van der Waals surface area contributed by atoms with Gasteiger partial charge in [0.05, 0.1) is 0 Å². The lowest BCUT2D eigenvalue weighted by Crippen LogP contribution is -1.91. The summed E-state index contributed by atoms with van der Waals surface area (Å²) in [5.41, 5.74) is 0. The fourth-order valence-electron chi connectivity index (χ4n) is 1.91. The number of halogens is 1. The molecule has 0 aromatic carbocycles. The van der Waals surface area contributed by atoms with Gasteiger partial charge < -0.3 is 0 Å². The second kappa shape index (κ2) is 14.0. The minimum Gasteiger partial charge on any atom is -0.295 e. The van der Waals surface area contributed by atoms with Crippen molar-refractivity contribution < 1.29 is 4.79 Å². The summed E-state index contributed by atoms with van der Waals surface area (Å²) < 4.78 is 0. The normalized spacial score (nSPS) is 10.4. The highest BCUT2D eigenvalue weighted by atomic mass is 79.9. The molecule has 0 heterocycles. The van der Waals surface area contributed by atoms with E-state index in [9.17, 15) is 4.79 Å². The predicted octanol–water partition coefficient (Wildman–Crippen LogP) is 5.43. The van der Waals surface area contributed by atoms with E-state index in [0.717, 1.165) is 11.8 Å². The zero-order valence-electron chi connectivity index (χ0n) is 11.1. The van der Waals surface area contributed by atoms with Gasteiger partial charge in [-0.15, -0.1) is 0 Å². The molecule has 100 valence electrons. The highest BCUT2D eigenvalue weighted by Crippen LogP contribution is 2.11. The van der Waals surface area contributed by atoms with Gasteiger partial charge in [0.25, 0.3) is 0 Å². The molecule has 0 atom stereocenters. The fourth-order valence-corrected chi connectivity index (χ4v) is 2.31. The van der Waals surface area contributed by atoms with Crippen LogP contribution in [0.2, 0.25) is 0 Å². The highest BCUT2D eigenvalue weighted by molar-refractivity contribution is 9.09. The SMILES string of the molecule is C=CC(=O)CCCCCCCCCCCCBr. The third kappa shape index (κ3) is 13.8. The summed E-state index contributed by atoms with van der Waals surface area (Å²) in [5.74, 6) is 0.191. The van der Waals surface area contributed by atoms with Gasteiger partial charge in [-0.3, -0.25) is 4.79 Å². The Hall–Kier alpha value is -0.110. The van der Waals surface area contributed by atoms with Crippen molar-refractivity contribution in [1.29, 1.82) is 0 Å². The van der Waals surface area contributed by atoms with Crippen molar-refractivity contribution in [2.75, 3.05) is 5.33 Å². The smallest absolute Gasteiger partial charge is 0.155 e. The van der Waals surface area contributed by atoms with Crippen molar-refractivity contribution in [1.82, 2.24) is 0 Å². The van der Waals surface area contributed by atoms with E-state index in [1.54, 1.807) is 0 Å². The molecule has 0 N–H and O–H groups in total. The summed E-state index contributed by atoms with van der Waals surface area (Å²) in [6.45, 7) is 3.48. The number of hydrogen-bond acceptors (Lipinski definition) is 1. The minimum absolute atomic E-state index is 0.191. The van der Waals surface area contributed by atoms with E-state index >= 15 is 0 Å². The standard InChI is InChI=1S/C15H27BrO/c1-2-15(17)13-11-9-7-5-3-4-6-8-10-12-14-16/h2H,1,3-14H2. The third-order valence-corrected chi connectivity index (χ3v) is 3.60. The van der Waals surface area contributed by atoms with Crippen molar-refractivity contribution in [3.05, 3.63) is 12.7 Å². The van der Waals surface area contributed by atoms with Crippen LogP contribution in [0.3, 0.4) is 0 Å². The Kier molecular flexibility index (Phi) is 13.9. The van der Waals surface area contributed by atoms with E-state index in [4.69, 9.17) is 0 Å². The van der Waals surface area contributed by atoms with Crippen molar-refractivity contribution in [3.63, 3.8) is 0 Å². The molecule has 0 aromatic rings. The molecule has 1 nitrogen and oxygen atoms in total. The maximum Gasteiger partial charge on any atom is 0.155 e. The first kappa shape index (κ1) is 16.9. The fraction of sp³-hybridized carbons (Fsp3) is 0.800. The maximum absolute atomic E-state index is 11.0. The monoisotopic (exact) mass is 302 g/mol. The molecule has 0 rings (SSSR count). The van der Waals surface area contributed by atoms with Crippen LogP contribution in [0.5, 0.6) is 0 Å². The molecule has 0 aliphatic rings. The van der Waals surface area contributed by atoms with E-state index in [0.29, 0.717) is 6.42 Å². The molecular formula is C15H27BrO. The van der Waals surface area contributed by atoms with Gasteiger partial charge in [-0.2, -0.15) is 0 Å². The van der Waals surface area contributed by atoms with Gasteiger partial charge in [0.2, 0.25) is 0 Å². The Morgan fingerprint density at radius 3 is 1.65 bits per heavy atom. The number of alkyl halides is 1. The number of rotatable bonds is 13. The second-order valence-electron chi connectivity index (χ2n) is 4.64. The lowest BCUT2D eigenvalue weighted by Gasteiger charge is -2.01. The van der Waals surface area contributed by atoms with Gasteiger partial charge >= 0.3 is 0 Å². The molecule has 0 unspecified atom stereocenters. The summed E-state index contributed by atoms with van der Waals surface area (Å²) in [5, 5.41) is 1.15. The van der Waals surface area contributed by atoms with Crippen LogP contribution in [-0.2, 0) is 4.79 Å². The van der Waals surface area contributed by atoms with Gasteiger partial charge in [0, 0.05) is 11.8 Å². The number of allylic oxidation sites excluding steroid dienone is 1. The van der Waals surface area contributed by atoms with Crippen molar-refractivity contribution >= 4 is 21.7 Å². The average molecular weight is 303 g/mol. The summed E-state index contributed by atoms with van der Waals surface area (Å²) in [7, 11) is 0. The lowest BCUT2D eigenvalue weighted by atomic mass is 10.1. The van der Waals surface area contributed by atoms with Gasteiger partial charge in [0.1, 0.15) is 0 Å². The van der Waals surface area contributed by atoms with Crippen LogP contribution in [0.1, 0.15) is 70.6 Å². The predicted molar refractivity (Wildman–Crippen MR) is 79.8 cm³/mol. The molecule has 0 saturated heterocycles. The molecule has 0 saturated carbocycles. The zero-order chi connectivity index (χ0) is 12.8. The van der Waals surface area contributed by atoms with Crippen LogP contribution in [0, 0.1) is 0 Å². The van der Waals surface area contributed by atoms with Crippen LogP contribution in [0.4, 0.5) is 0 Å². The molecule has 0 aliphatic heterocycles. The minimum atomic E-state index is 0.191. The summed E-state index contributed by atoms with van der Waals surface area (Å²) in [6.07, 6.45) is 15.2. The van der Waals surface area contributed by atoms with Crippen molar-refractivity contribution in [2.45, 2.75) is 70.6 Å². The molecule has 0 radical (unpaired) electrons. The number of carbonyl (C=O) groups is 1. The van der Waals surface area contributed by atoms with Crippen LogP contribution in [0.25, 0.3) is 0 Å². The average Bonchev–Trinajstić information content (AvgIpc) is 2.35. The van der Waals surface area contributed by atoms with E-state index in [1.807, 2.05) is 0 Å². The molecule has 0 fully saturated rings. The first-order chi connectivity index (χ1) is 8.31. The molecular weight excluding hydrogens is 276 g/mol. The van der Waals surface area contributed by atoms with Crippen molar-refractivity contribution in [3.8, 4) is 0 Å². The zero-order valence-corrected chi connectivity index (χ0v) is 12.6. The Bertz CT molecular complexity index is 189. The second-order valence-corrected chi connectivity index (χ2v) is 5.44. The Balaban J connectivity index is 2.98. The number of carbonyl (C=O) groups excluding carboxylic acids is 1. The van der Waals surface area contributed by atoms with Gasteiger partial charge in [-0.25, -0.2) is 0 Å². The van der Waals surface area contributed by atoms with Gasteiger partial charge in [-0.1, -0.05) is 73.9 Å². The number of unbranched alkanes of at least 4 members (excludes halogenated alkanes) is 9. The first-order valence-corrected chi connectivity index (χ1v) is 8.14. The van der Waals surface area contributed by atoms with E-state index < -0.39 is 0 Å². The molecule has 17 heavy (non-hydrogen) atoms. The van der Waals surface area contributed by atoms with E-state index in [-0.39, 0.29) is 5.78 Å². The number of hydrogen-bond donors (Lipinski definition) is 0. The molecule has 0 aliphatic carbocycles. The topological polar surface area (TPSA) is 17.1 Å². The van der Waals surface area contributed by atoms with E-state index in [2.05, 4.69) is 22.5 Å². The van der Waals surface area contributed by atoms with Crippen LogP contribution in [0.15, 0.2) is 12.7 Å². The first-order valence-electron chi connectivity index (χ1n) is 7.02. The Morgan fingerprint density at radius 1 is 0.824 bits per heavy atom. The summed E-state index contributed by atoms with van der Waals surface area (Å²) in [6, 6.07) is 0. The summed E-state index contributed by atoms with van der Waals surface area (Å²) in [4.78, 5) is 11.0. The van der Waals surface area contributed by atoms with E-state index in [1.165, 1.54) is 63.9 Å². The molecule has 0 bridgehead atoms. The highest BCUT2D eigenvalue weighted by Gasteiger charge is 1.96. The van der Waals surface area contributed by atoms with Crippen LogP contribution >= 0.6 is 15.9 Å². The molecule has 2 heteroatoms. The molecule has 0 spiro atoms. The maximum atomic E-state index is 11.0. The lowest BCUT2D eigenvalue weighted by molar-refractivity contribution is -0.114. The summed E-state index contributed by atoms with van der Waals surface area (Å²) >= 11 is 3.45. The van der Waals surface area contributed by atoms with Crippen LogP contribution in [-0.4, -0.2) is 11.1 Å². The van der Waals surface area contributed by atoms with Crippen molar-refractivity contribution in [2.24, 2.45) is 0 Å². The van der Waals surface area contributed by atoms with Gasteiger partial charge in [0.15, 0.2) is 5.78 Å². The molecule has 0 aromatic heterocycles. The Morgan fingerprint density at radius 2 is 1.24 bits per heavy atom. The van der Waals surface area contributed by atoms with Gasteiger partial charge in [-0.05, 0) is 18.9 Å².